The predicted octanol–water partition coefficient (Wildman–Crippen LogP) is 0.621. The maximum atomic E-state index is 5.59. The zero-order valence-corrected chi connectivity index (χ0v) is 20.8. The molecule has 0 aromatic carbocycles. The third-order valence-corrected chi connectivity index (χ3v) is 4.54. The highest BCUT2D eigenvalue weighted by atomic mass is 16.7. The van der Waals surface area contributed by atoms with Gasteiger partial charge in [-0.25, -0.2) is 0 Å². The average Bonchev–Trinajstić information content (AvgIpc) is 2.87. The molecule has 1 unspecified atom stereocenters. The number of hydrogen-bond acceptors (Lipinski definition) is 11. The second kappa shape index (κ2) is 27.2. The molecule has 1 heterocycles. The molecule has 2 N–H and O–H groups in total. The molecule has 34 heavy (non-hydrogen) atoms. The van der Waals surface area contributed by atoms with Crippen LogP contribution >= 0.6 is 0 Å². The van der Waals surface area contributed by atoms with Gasteiger partial charge in [0, 0.05) is 13.2 Å². The fraction of sp³-hybridized carbons (Fsp3) is 1.00. The first-order valence-corrected chi connectivity index (χ1v) is 12.5. The lowest BCUT2D eigenvalue weighted by atomic mass is 10.2. The minimum atomic E-state index is -0.0589. The molecule has 1 aliphatic rings. The van der Waals surface area contributed by atoms with E-state index in [1.807, 2.05) is 0 Å². The van der Waals surface area contributed by atoms with Gasteiger partial charge in [0.1, 0.15) is 0 Å². The van der Waals surface area contributed by atoms with Crippen molar-refractivity contribution in [3.8, 4) is 0 Å². The van der Waals surface area contributed by atoms with E-state index in [4.69, 9.17) is 53.1 Å². The normalized spacial score (nSPS) is 16.3. The summed E-state index contributed by atoms with van der Waals surface area (Å²) >= 11 is 0. The molecule has 1 fully saturated rings. The van der Waals surface area contributed by atoms with Crippen LogP contribution in [0.15, 0.2) is 0 Å². The fourth-order valence-corrected chi connectivity index (χ4v) is 2.81. The van der Waals surface area contributed by atoms with E-state index in [9.17, 15) is 0 Å². The molecule has 1 aliphatic heterocycles. The zero-order valence-electron chi connectivity index (χ0n) is 20.8. The van der Waals surface area contributed by atoms with Crippen molar-refractivity contribution >= 4 is 0 Å². The summed E-state index contributed by atoms with van der Waals surface area (Å²) in [6.07, 6.45) is 3.21. The summed E-state index contributed by atoms with van der Waals surface area (Å²) in [5.41, 5.74) is 5.32. The lowest BCUT2D eigenvalue weighted by Gasteiger charge is -2.22. The summed E-state index contributed by atoms with van der Waals surface area (Å²) in [7, 11) is 0. The molecule has 11 heteroatoms. The number of nitrogens with two attached hydrogens (primary N) is 1. The van der Waals surface area contributed by atoms with Crippen molar-refractivity contribution in [2.45, 2.75) is 25.6 Å². The summed E-state index contributed by atoms with van der Waals surface area (Å²) in [4.78, 5) is 0. The van der Waals surface area contributed by atoms with Gasteiger partial charge >= 0.3 is 0 Å². The minimum absolute atomic E-state index is 0.0589. The lowest BCUT2D eigenvalue weighted by Crippen LogP contribution is -2.24. The van der Waals surface area contributed by atoms with Crippen LogP contribution < -0.4 is 5.73 Å². The van der Waals surface area contributed by atoms with E-state index >= 15 is 0 Å². The Morgan fingerprint density at radius 1 is 0.471 bits per heavy atom. The van der Waals surface area contributed by atoms with Crippen LogP contribution in [-0.4, -0.2) is 132 Å². The highest BCUT2D eigenvalue weighted by Crippen LogP contribution is 2.13. The van der Waals surface area contributed by atoms with Crippen LogP contribution in [0.5, 0.6) is 0 Å². The second-order valence-corrected chi connectivity index (χ2v) is 7.35. The summed E-state index contributed by atoms with van der Waals surface area (Å²) in [5.74, 6) is 0. The van der Waals surface area contributed by atoms with E-state index in [0.29, 0.717) is 119 Å². The van der Waals surface area contributed by atoms with E-state index in [-0.39, 0.29) is 6.29 Å². The zero-order chi connectivity index (χ0) is 24.2. The molecule has 204 valence electrons. The van der Waals surface area contributed by atoms with Crippen LogP contribution in [0.25, 0.3) is 0 Å². The molecule has 0 aromatic rings. The predicted molar refractivity (Wildman–Crippen MR) is 125 cm³/mol. The molecule has 11 nitrogen and oxygen atoms in total. The smallest absolute Gasteiger partial charge is 0.157 e. The van der Waals surface area contributed by atoms with Crippen LogP contribution in [0.1, 0.15) is 19.3 Å². The van der Waals surface area contributed by atoms with Crippen molar-refractivity contribution in [1.29, 1.82) is 0 Å². The largest absolute Gasteiger partial charge is 0.378 e. The maximum absolute atomic E-state index is 5.59. The Morgan fingerprint density at radius 3 is 1.15 bits per heavy atom. The first-order valence-electron chi connectivity index (χ1n) is 12.5. The Bertz CT molecular complexity index is 389. The summed E-state index contributed by atoms with van der Waals surface area (Å²) in [6.45, 7) is 10.5. The monoisotopic (exact) mass is 497 g/mol. The molecule has 0 amide bonds. The molecule has 1 atom stereocenters. The van der Waals surface area contributed by atoms with Crippen molar-refractivity contribution in [3.63, 3.8) is 0 Å². The Labute approximate surface area is 204 Å². The molecule has 1 saturated heterocycles. The number of rotatable bonds is 27. The summed E-state index contributed by atoms with van der Waals surface area (Å²) in [6, 6.07) is 0. The minimum Gasteiger partial charge on any atom is -0.378 e. The van der Waals surface area contributed by atoms with Gasteiger partial charge in [-0.3, -0.25) is 0 Å². The molecule has 0 aromatic heterocycles. The van der Waals surface area contributed by atoms with Crippen LogP contribution in [0.4, 0.5) is 0 Å². The van der Waals surface area contributed by atoms with Gasteiger partial charge in [-0.15, -0.1) is 0 Å². The van der Waals surface area contributed by atoms with Crippen molar-refractivity contribution < 1.29 is 47.4 Å². The maximum Gasteiger partial charge on any atom is 0.157 e. The Morgan fingerprint density at radius 2 is 0.824 bits per heavy atom. The van der Waals surface area contributed by atoms with Crippen LogP contribution in [0.2, 0.25) is 0 Å². The summed E-state index contributed by atoms with van der Waals surface area (Å²) in [5, 5.41) is 0. The molecular weight excluding hydrogens is 450 g/mol. The van der Waals surface area contributed by atoms with Gasteiger partial charge < -0.3 is 53.1 Å². The van der Waals surface area contributed by atoms with E-state index < -0.39 is 0 Å². The Balaban J connectivity index is 1.61. The SMILES string of the molecule is NCCOCCOCCOCCOCCOCCOCCOCCOCCOC1CCCCO1. The second-order valence-electron chi connectivity index (χ2n) is 7.35. The Kier molecular flexibility index (Phi) is 25.2. The van der Waals surface area contributed by atoms with Crippen LogP contribution in [0, 0.1) is 0 Å². The van der Waals surface area contributed by atoms with Gasteiger partial charge in [-0.05, 0) is 19.3 Å². The molecule has 0 radical (unpaired) electrons. The quantitative estimate of drug-likeness (QED) is 0.161. The summed E-state index contributed by atoms with van der Waals surface area (Å²) < 4.78 is 54.3. The van der Waals surface area contributed by atoms with Gasteiger partial charge in [0.25, 0.3) is 0 Å². The van der Waals surface area contributed by atoms with E-state index in [0.717, 1.165) is 19.4 Å². The molecule has 0 bridgehead atoms. The van der Waals surface area contributed by atoms with Gasteiger partial charge in [-0.1, -0.05) is 0 Å². The topological polar surface area (TPSA) is 118 Å². The third-order valence-electron chi connectivity index (χ3n) is 4.54. The van der Waals surface area contributed by atoms with E-state index in [2.05, 4.69) is 0 Å². The van der Waals surface area contributed by atoms with Gasteiger partial charge in [-0.2, -0.15) is 0 Å². The molecule has 0 aliphatic carbocycles. The molecule has 1 rings (SSSR count). The number of hydrogen-bond donors (Lipinski definition) is 1. The van der Waals surface area contributed by atoms with Crippen molar-refractivity contribution in [2.24, 2.45) is 5.73 Å². The third kappa shape index (κ3) is 23.3. The van der Waals surface area contributed by atoms with Crippen LogP contribution in [-0.2, 0) is 47.4 Å². The Hall–Kier alpha value is -0.440. The highest BCUT2D eigenvalue weighted by molar-refractivity contribution is 4.53. The van der Waals surface area contributed by atoms with E-state index in [1.165, 1.54) is 6.42 Å². The number of ether oxygens (including phenoxy) is 10. The van der Waals surface area contributed by atoms with Gasteiger partial charge in [0.05, 0.1) is 112 Å². The first kappa shape index (κ1) is 31.6. The lowest BCUT2D eigenvalue weighted by molar-refractivity contribution is -0.169. The van der Waals surface area contributed by atoms with Crippen molar-refractivity contribution in [1.82, 2.24) is 0 Å². The van der Waals surface area contributed by atoms with E-state index in [1.54, 1.807) is 0 Å². The molecule has 0 saturated carbocycles. The fourth-order valence-electron chi connectivity index (χ4n) is 2.81. The standard InChI is InChI=1S/C23H47NO10/c24-4-6-25-7-8-26-9-10-27-11-12-28-13-14-29-15-16-30-17-18-31-19-20-32-21-22-34-23-3-1-2-5-33-23/h23H,1-22,24H2. The van der Waals surface area contributed by atoms with Crippen LogP contribution in [0.3, 0.4) is 0 Å². The molecular formula is C23H47NO10. The van der Waals surface area contributed by atoms with Gasteiger partial charge in [0.15, 0.2) is 6.29 Å². The van der Waals surface area contributed by atoms with Gasteiger partial charge in [0.2, 0.25) is 0 Å². The first-order chi connectivity index (χ1) is 16.9. The molecule has 0 spiro atoms. The van der Waals surface area contributed by atoms with Crippen molar-refractivity contribution in [2.75, 3.05) is 125 Å². The highest BCUT2D eigenvalue weighted by Gasteiger charge is 2.13. The average molecular weight is 498 g/mol. The van der Waals surface area contributed by atoms with Crippen molar-refractivity contribution in [3.05, 3.63) is 0 Å².